The molecule has 0 unspecified atom stereocenters. The number of carbonyl (C=O) groups is 1. The van der Waals surface area contributed by atoms with Gasteiger partial charge in [-0.1, -0.05) is 0 Å². The number of rotatable bonds is 3. The van der Waals surface area contributed by atoms with Crippen molar-refractivity contribution in [2.75, 3.05) is 25.0 Å². The van der Waals surface area contributed by atoms with Gasteiger partial charge >= 0.3 is 0 Å². The normalized spacial score (nSPS) is 17.4. The lowest BCUT2D eigenvalue weighted by Gasteiger charge is -2.37. The van der Waals surface area contributed by atoms with Gasteiger partial charge in [-0.3, -0.25) is 4.79 Å². The quantitative estimate of drug-likeness (QED) is 0.562. The molecule has 25 heavy (non-hydrogen) atoms. The minimum absolute atomic E-state index is 0.0374. The van der Waals surface area contributed by atoms with Crippen LogP contribution in [-0.4, -0.2) is 36.1 Å². The Morgan fingerprint density at radius 1 is 1.16 bits per heavy atom. The molecule has 0 aromatic heterocycles. The topological polar surface area (TPSA) is 44.9 Å². The van der Waals surface area contributed by atoms with E-state index in [0.717, 1.165) is 6.07 Å². The highest BCUT2D eigenvalue weighted by Crippen LogP contribution is 2.39. The summed E-state index contributed by atoms with van der Waals surface area (Å²) >= 11 is 1.94. The van der Waals surface area contributed by atoms with Crippen molar-refractivity contribution in [2.45, 2.75) is 5.60 Å². The number of anilines is 2. The third-order valence-corrected chi connectivity index (χ3v) is 4.98. The standard InChI is InChI=1S/C17H12F3IN2O2/c18-11-3-2-10(16(24)23-6-17(7-23)8-25-17)15(14(11)20)22-13-4-1-9(21)5-12(13)19/h1-5,22H,6-8H2. The lowest BCUT2D eigenvalue weighted by atomic mass is 9.99. The molecular formula is C17H12F3IN2O2. The average Bonchev–Trinajstić information content (AvgIpc) is 3.33. The first-order valence-electron chi connectivity index (χ1n) is 7.52. The zero-order chi connectivity index (χ0) is 17.8. The van der Waals surface area contributed by atoms with E-state index in [1.165, 1.54) is 23.1 Å². The number of nitrogens with one attached hydrogen (secondary N) is 1. The predicted octanol–water partition coefficient (Wildman–Crippen LogP) is 3.68. The van der Waals surface area contributed by atoms with Gasteiger partial charge in [0.05, 0.1) is 36.6 Å². The van der Waals surface area contributed by atoms with Gasteiger partial charge in [-0.15, -0.1) is 0 Å². The van der Waals surface area contributed by atoms with Crippen molar-refractivity contribution < 1.29 is 22.7 Å². The highest BCUT2D eigenvalue weighted by molar-refractivity contribution is 14.1. The predicted molar refractivity (Wildman–Crippen MR) is 93.3 cm³/mol. The molecule has 1 N–H and O–H groups in total. The van der Waals surface area contributed by atoms with Gasteiger partial charge in [0.25, 0.3) is 5.91 Å². The molecule has 2 aromatic rings. The van der Waals surface area contributed by atoms with Crippen LogP contribution in [0, 0.1) is 21.0 Å². The molecule has 0 saturated carbocycles. The van der Waals surface area contributed by atoms with Crippen LogP contribution in [0.1, 0.15) is 10.4 Å². The molecule has 0 radical (unpaired) electrons. The Morgan fingerprint density at radius 2 is 1.88 bits per heavy atom. The first-order valence-corrected chi connectivity index (χ1v) is 8.60. The first-order chi connectivity index (χ1) is 11.9. The molecule has 0 atom stereocenters. The molecule has 2 aromatic carbocycles. The average molecular weight is 460 g/mol. The van der Waals surface area contributed by atoms with E-state index in [4.69, 9.17) is 4.74 Å². The van der Waals surface area contributed by atoms with Gasteiger partial charge in [0.2, 0.25) is 0 Å². The van der Waals surface area contributed by atoms with Gasteiger partial charge in [0.1, 0.15) is 11.4 Å². The van der Waals surface area contributed by atoms with Crippen LogP contribution in [0.3, 0.4) is 0 Å². The van der Waals surface area contributed by atoms with E-state index in [9.17, 15) is 18.0 Å². The van der Waals surface area contributed by atoms with Crippen molar-refractivity contribution in [3.63, 3.8) is 0 Å². The molecule has 130 valence electrons. The van der Waals surface area contributed by atoms with Gasteiger partial charge < -0.3 is 15.0 Å². The molecule has 2 saturated heterocycles. The molecule has 1 amide bonds. The first kappa shape index (κ1) is 16.6. The van der Waals surface area contributed by atoms with Crippen LogP contribution < -0.4 is 5.32 Å². The van der Waals surface area contributed by atoms with Gasteiger partial charge in [-0.05, 0) is 52.9 Å². The van der Waals surface area contributed by atoms with Crippen LogP contribution in [0.2, 0.25) is 0 Å². The van der Waals surface area contributed by atoms with Crippen molar-refractivity contribution in [1.82, 2.24) is 4.90 Å². The molecular weight excluding hydrogens is 448 g/mol. The number of halogens is 4. The summed E-state index contributed by atoms with van der Waals surface area (Å²) in [6.45, 7) is 1.44. The Hall–Kier alpha value is -1.81. The Morgan fingerprint density at radius 3 is 2.52 bits per heavy atom. The molecule has 2 heterocycles. The summed E-state index contributed by atoms with van der Waals surface area (Å²) in [5.41, 5.74) is -0.705. The highest BCUT2D eigenvalue weighted by Gasteiger charge is 2.56. The molecule has 2 aliphatic heterocycles. The van der Waals surface area contributed by atoms with Gasteiger partial charge in [0.15, 0.2) is 11.6 Å². The maximum Gasteiger partial charge on any atom is 0.256 e. The summed E-state index contributed by atoms with van der Waals surface area (Å²) in [6.07, 6.45) is 0. The second-order valence-corrected chi connectivity index (χ2v) is 7.41. The van der Waals surface area contributed by atoms with Crippen LogP contribution in [0.5, 0.6) is 0 Å². The van der Waals surface area contributed by atoms with Crippen molar-refractivity contribution >= 4 is 39.9 Å². The van der Waals surface area contributed by atoms with E-state index in [2.05, 4.69) is 5.32 Å². The number of nitrogens with zero attached hydrogens (tertiary/aromatic N) is 1. The minimum atomic E-state index is -1.22. The zero-order valence-electron chi connectivity index (χ0n) is 12.8. The Bertz CT molecular complexity index is 878. The minimum Gasteiger partial charge on any atom is -0.366 e. The van der Waals surface area contributed by atoms with Gasteiger partial charge in [-0.25, -0.2) is 13.2 Å². The van der Waals surface area contributed by atoms with Gasteiger partial charge in [-0.2, -0.15) is 0 Å². The third-order valence-electron chi connectivity index (χ3n) is 4.31. The lowest BCUT2D eigenvalue weighted by Crippen LogP contribution is -2.56. The summed E-state index contributed by atoms with van der Waals surface area (Å²) < 4.78 is 47.9. The SMILES string of the molecule is O=C(c1ccc(F)c(F)c1Nc1ccc(I)cc1F)N1CC2(CO2)C1. The van der Waals surface area contributed by atoms with Crippen molar-refractivity contribution in [1.29, 1.82) is 0 Å². The molecule has 2 fully saturated rings. The summed E-state index contributed by atoms with van der Waals surface area (Å²) in [5.74, 6) is -3.41. The van der Waals surface area contributed by atoms with Gasteiger partial charge in [0, 0.05) is 3.57 Å². The zero-order valence-corrected chi connectivity index (χ0v) is 14.9. The largest absolute Gasteiger partial charge is 0.366 e. The molecule has 0 aliphatic carbocycles. The van der Waals surface area contributed by atoms with E-state index in [1.807, 2.05) is 22.6 Å². The number of benzene rings is 2. The second kappa shape index (κ2) is 5.87. The number of amides is 1. The van der Waals surface area contributed by atoms with Crippen molar-refractivity contribution in [3.05, 3.63) is 56.9 Å². The third kappa shape index (κ3) is 2.97. The van der Waals surface area contributed by atoms with E-state index in [0.29, 0.717) is 23.3 Å². The van der Waals surface area contributed by atoms with E-state index in [1.54, 1.807) is 6.07 Å². The number of likely N-dealkylation sites (tertiary alicyclic amines) is 1. The molecule has 2 aliphatic rings. The summed E-state index contributed by atoms with van der Waals surface area (Å²) in [7, 11) is 0. The fourth-order valence-electron chi connectivity index (χ4n) is 2.82. The second-order valence-electron chi connectivity index (χ2n) is 6.17. The summed E-state index contributed by atoms with van der Waals surface area (Å²) in [4.78, 5) is 14.1. The number of epoxide rings is 1. The van der Waals surface area contributed by atoms with Crippen molar-refractivity contribution in [2.24, 2.45) is 0 Å². The van der Waals surface area contributed by atoms with E-state index in [-0.39, 0.29) is 22.5 Å². The molecule has 8 heteroatoms. The van der Waals surface area contributed by atoms with Crippen molar-refractivity contribution in [3.8, 4) is 0 Å². The maximum absolute atomic E-state index is 14.3. The van der Waals surface area contributed by atoms with E-state index >= 15 is 0 Å². The Labute approximate surface area is 155 Å². The Kier molecular flexibility index (Phi) is 3.91. The van der Waals surface area contributed by atoms with Crippen LogP contribution in [0.15, 0.2) is 30.3 Å². The Balaban J connectivity index is 1.67. The number of ether oxygens (including phenoxy) is 1. The lowest BCUT2D eigenvalue weighted by molar-refractivity contribution is 0.0385. The number of hydrogen-bond acceptors (Lipinski definition) is 3. The van der Waals surface area contributed by atoms with Crippen LogP contribution in [0.25, 0.3) is 0 Å². The monoisotopic (exact) mass is 460 g/mol. The number of hydrogen-bond donors (Lipinski definition) is 1. The van der Waals surface area contributed by atoms with Crippen LogP contribution in [-0.2, 0) is 4.74 Å². The van der Waals surface area contributed by atoms with E-state index < -0.39 is 23.4 Å². The summed E-state index contributed by atoms with van der Waals surface area (Å²) in [6, 6.07) is 6.37. The van der Waals surface area contributed by atoms with Crippen LogP contribution >= 0.6 is 22.6 Å². The smallest absolute Gasteiger partial charge is 0.256 e. The molecule has 4 nitrogen and oxygen atoms in total. The number of carbonyl (C=O) groups excluding carboxylic acids is 1. The fourth-order valence-corrected chi connectivity index (χ4v) is 3.28. The van der Waals surface area contributed by atoms with Crippen LogP contribution in [0.4, 0.5) is 24.5 Å². The maximum atomic E-state index is 14.3. The fraction of sp³-hybridized carbons (Fsp3) is 0.235. The highest BCUT2D eigenvalue weighted by atomic mass is 127. The molecule has 1 spiro atoms. The molecule has 4 rings (SSSR count). The molecule has 0 bridgehead atoms. The summed E-state index contributed by atoms with van der Waals surface area (Å²) in [5, 5.41) is 2.53.